The molecule has 0 atom stereocenters. The van der Waals surface area contributed by atoms with Crippen molar-refractivity contribution < 1.29 is 24.2 Å². The number of hydrogen-bond donors (Lipinski definition) is 0. The largest absolute Gasteiger partial charge is 0.358 e. The van der Waals surface area contributed by atoms with E-state index < -0.39 is 0 Å². The zero-order chi connectivity index (χ0) is 25.0. The molecule has 3 aromatic rings. The van der Waals surface area contributed by atoms with Gasteiger partial charge >= 0.3 is 28.4 Å². The van der Waals surface area contributed by atoms with Crippen LogP contribution in [0.2, 0.25) is 0 Å². The summed E-state index contributed by atoms with van der Waals surface area (Å²) in [7, 11) is 0. The number of halogens is 2. The van der Waals surface area contributed by atoms with Crippen LogP contribution in [0, 0.1) is 31.1 Å². The summed E-state index contributed by atoms with van der Waals surface area (Å²) >= 11 is 1.30. The van der Waals surface area contributed by atoms with Crippen LogP contribution in [0.25, 0.3) is 23.3 Å². The van der Waals surface area contributed by atoms with E-state index in [1.165, 1.54) is 57.6 Å². The van der Waals surface area contributed by atoms with E-state index in [9.17, 15) is 0 Å². The Hall–Kier alpha value is -2.05. The van der Waals surface area contributed by atoms with Crippen LogP contribution in [0.15, 0.2) is 91.5 Å². The van der Waals surface area contributed by atoms with Gasteiger partial charge < -0.3 is 7.43 Å². The van der Waals surface area contributed by atoms with Gasteiger partial charge in [-0.2, -0.15) is 71.8 Å². The maximum absolute atomic E-state index is 3.82. The second-order valence-electron chi connectivity index (χ2n) is 8.87. The van der Waals surface area contributed by atoms with Gasteiger partial charge in [0, 0.05) is 0 Å². The Bertz CT molecular complexity index is 1070. The van der Waals surface area contributed by atoms with E-state index in [-0.39, 0.29) is 32.2 Å². The van der Waals surface area contributed by atoms with Crippen LogP contribution < -0.4 is 0 Å². The molecule has 0 fully saturated rings. The van der Waals surface area contributed by atoms with Gasteiger partial charge in [0.25, 0.3) is 0 Å². The van der Waals surface area contributed by atoms with Crippen molar-refractivity contribution in [1.82, 2.24) is 0 Å². The summed E-state index contributed by atoms with van der Waals surface area (Å²) in [4.78, 5) is 0. The minimum atomic E-state index is 0. The molecule has 0 unspecified atom stereocenters. The van der Waals surface area contributed by atoms with Crippen LogP contribution in [0.1, 0.15) is 49.4 Å². The molecule has 0 bridgehead atoms. The fourth-order valence-corrected chi connectivity index (χ4v) is 3.63. The predicted octanol–water partition coefficient (Wildman–Crippen LogP) is 9.81. The SMILES string of the molecule is C=Cc1c[c-]c2c(c1)-c1cc(C=C)ccc1C2.CC(C)(C)C1=CC[C-]=C1.Cl.Cl.[CH2]=[Zr].[CH3-].[c-]1ccccc1. The van der Waals surface area contributed by atoms with E-state index in [0.717, 1.165) is 18.4 Å². The van der Waals surface area contributed by atoms with Crippen molar-refractivity contribution in [2.45, 2.75) is 33.6 Å². The maximum atomic E-state index is 3.82. The monoisotopic (exact) mass is 606 g/mol. The molecule has 2 aliphatic carbocycles. The number of benzene rings is 3. The zero-order valence-corrected chi connectivity index (χ0v) is 26.5. The molecule has 3 aromatic carbocycles. The van der Waals surface area contributed by atoms with Crippen molar-refractivity contribution in [2.75, 3.05) is 0 Å². The Morgan fingerprint density at radius 2 is 1.51 bits per heavy atom. The van der Waals surface area contributed by atoms with E-state index in [1.54, 1.807) is 0 Å². The summed E-state index contributed by atoms with van der Waals surface area (Å²) in [6.07, 6.45) is 13.2. The molecule has 196 valence electrons. The van der Waals surface area contributed by atoms with Gasteiger partial charge in [-0.15, -0.1) is 55.0 Å². The van der Waals surface area contributed by atoms with Crippen LogP contribution in [0.4, 0.5) is 0 Å². The quantitative estimate of drug-likeness (QED) is 0.199. The van der Waals surface area contributed by atoms with Gasteiger partial charge in [0.2, 0.25) is 0 Å². The second kappa shape index (κ2) is 19.1. The minimum absolute atomic E-state index is 0. The third-order valence-electron chi connectivity index (χ3n) is 5.48. The van der Waals surface area contributed by atoms with Gasteiger partial charge in [-0.1, -0.05) is 68.2 Å². The molecule has 0 heterocycles. The van der Waals surface area contributed by atoms with Gasteiger partial charge in [0.05, 0.1) is 0 Å². The molecular formula is C34H38Cl2Zr-4. The average Bonchev–Trinajstić information content (AvgIpc) is 3.55. The van der Waals surface area contributed by atoms with Crippen molar-refractivity contribution in [3.8, 4) is 11.1 Å². The number of rotatable bonds is 2. The van der Waals surface area contributed by atoms with Crippen LogP contribution >= 0.6 is 24.8 Å². The summed E-state index contributed by atoms with van der Waals surface area (Å²) in [6, 6.07) is 26.6. The van der Waals surface area contributed by atoms with E-state index in [4.69, 9.17) is 0 Å². The van der Waals surface area contributed by atoms with Crippen LogP contribution in [0.5, 0.6) is 0 Å². The zero-order valence-electron chi connectivity index (χ0n) is 22.4. The molecule has 0 nitrogen and oxygen atoms in total. The molecule has 0 amide bonds. The molecule has 37 heavy (non-hydrogen) atoms. The van der Waals surface area contributed by atoms with Crippen LogP contribution in [-0.4, -0.2) is 4.21 Å². The number of allylic oxidation sites excluding steroid dienone is 4. The first-order chi connectivity index (χ1) is 16.4. The Labute approximate surface area is 253 Å². The molecule has 0 radical (unpaired) electrons. The van der Waals surface area contributed by atoms with E-state index in [1.807, 2.05) is 48.6 Å². The van der Waals surface area contributed by atoms with Crippen molar-refractivity contribution in [2.24, 2.45) is 5.41 Å². The van der Waals surface area contributed by atoms with E-state index in [0.29, 0.717) is 5.41 Å². The first kappa shape index (κ1) is 37.1. The molecule has 3 heteroatoms. The average molecular weight is 609 g/mol. The Morgan fingerprint density at radius 1 is 0.892 bits per heavy atom. The molecule has 0 spiro atoms. The Morgan fingerprint density at radius 3 is 1.95 bits per heavy atom. The van der Waals surface area contributed by atoms with E-state index in [2.05, 4.69) is 92.8 Å². The fourth-order valence-electron chi connectivity index (χ4n) is 3.63. The molecule has 5 rings (SSSR count). The molecule has 2 aliphatic rings. The molecular weight excluding hydrogens is 571 g/mol. The summed E-state index contributed by atoms with van der Waals surface area (Å²) < 4.78 is 3.34. The Kier molecular flexibility index (Phi) is 19.1. The number of hydrogen-bond acceptors (Lipinski definition) is 0. The first-order valence-corrected chi connectivity index (χ1v) is 13.1. The minimum Gasteiger partial charge on any atom is -0.358 e. The van der Waals surface area contributed by atoms with Gasteiger partial charge in [-0.05, 0) is 12.0 Å². The summed E-state index contributed by atoms with van der Waals surface area (Å²) in [5.41, 5.74) is 9.31. The van der Waals surface area contributed by atoms with Gasteiger partial charge in [-0.25, -0.2) is 6.08 Å². The summed E-state index contributed by atoms with van der Waals surface area (Å²) in [5.74, 6) is 0. The second-order valence-corrected chi connectivity index (χ2v) is 8.87. The third kappa shape index (κ3) is 11.5. The summed E-state index contributed by atoms with van der Waals surface area (Å²) in [6.45, 7) is 14.3. The van der Waals surface area contributed by atoms with E-state index >= 15 is 0 Å². The molecule has 0 aromatic heterocycles. The van der Waals surface area contributed by atoms with Crippen LogP contribution in [-0.2, 0) is 30.7 Å². The fraction of sp³-hybridized carbons (Fsp3) is 0.176. The maximum Gasteiger partial charge on any atom is -0.171 e. The van der Waals surface area contributed by atoms with Crippen molar-refractivity contribution >= 4 is 41.2 Å². The first-order valence-electron chi connectivity index (χ1n) is 11.4. The standard InChI is InChI=1S/C17H13.C9H13.C6H5.CH3.CH2.2ClH.Zr/c1-3-12-5-7-14-11-15-8-6-13(4-2)10-17(15)16(14)9-12;1-9(2,3)8-6-4-5-7-8;1-2-4-6-5-3-1;;;;;/h3-7,9-10H,1-2,11H2;6-7H,4H2,1-3H3;1-5H;1H3;1H2;2*1H;/q4*-1;;;;. The smallest absolute Gasteiger partial charge is 0.171 e. The molecule has 0 saturated carbocycles. The predicted molar refractivity (Wildman–Crippen MR) is 167 cm³/mol. The van der Waals surface area contributed by atoms with Gasteiger partial charge in [0.15, 0.2) is 0 Å². The topological polar surface area (TPSA) is 0 Å². The third-order valence-corrected chi connectivity index (χ3v) is 5.48. The normalized spacial score (nSPS) is 11.2. The summed E-state index contributed by atoms with van der Waals surface area (Å²) in [5, 5.41) is 0. The van der Waals surface area contributed by atoms with Gasteiger partial charge in [0.1, 0.15) is 0 Å². The van der Waals surface area contributed by atoms with Crippen LogP contribution in [0.3, 0.4) is 0 Å². The molecule has 0 N–H and O–H groups in total. The van der Waals surface area contributed by atoms with Crippen molar-refractivity contribution in [3.05, 3.63) is 139 Å². The molecule has 0 saturated heterocycles. The Balaban J connectivity index is 0. The van der Waals surface area contributed by atoms with Crippen molar-refractivity contribution in [3.63, 3.8) is 0 Å². The molecule has 0 aliphatic heterocycles. The van der Waals surface area contributed by atoms with Crippen molar-refractivity contribution in [1.29, 1.82) is 0 Å². The number of fused-ring (bicyclic) bond motifs is 3. The van der Waals surface area contributed by atoms with Gasteiger partial charge in [-0.3, -0.25) is 6.08 Å².